The SMILES string of the molecule is COc1ccc2oc(-c3ccc(C)c(NC(=S)NC(=O)c4ccc(C)c(Cl)c4)c3)nc2c1. The van der Waals surface area contributed by atoms with E-state index in [1.807, 2.05) is 50.2 Å². The summed E-state index contributed by atoms with van der Waals surface area (Å²) in [5.41, 5.74) is 5.14. The number of nitrogens with one attached hydrogen (secondary N) is 2. The zero-order chi connectivity index (χ0) is 22.8. The van der Waals surface area contributed by atoms with E-state index in [0.29, 0.717) is 33.3 Å². The van der Waals surface area contributed by atoms with Crippen LogP contribution in [0.5, 0.6) is 5.75 Å². The maximum atomic E-state index is 12.5. The molecule has 0 bridgehead atoms. The largest absolute Gasteiger partial charge is 0.497 e. The van der Waals surface area contributed by atoms with Crippen LogP contribution in [-0.4, -0.2) is 23.1 Å². The molecule has 0 saturated heterocycles. The van der Waals surface area contributed by atoms with Crippen LogP contribution in [0.4, 0.5) is 5.69 Å². The van der Waals surface area contributed by atoms with E-state index in [0.717, 1.165) is 22.4 Å². The number of carbonyl (C=O) groups is 1. The predicted octanol–water partition coefficient (Wildman–Crippen LogP) is 5.90. The summed E-state index contributed by atoms with van der Waals surface area (Å²) in [5, 5.41) is 6.46. The third kappa shape index (κ3) is 4.59. The summed E-state index contributed by atoms with van der Waals surface area (Å²) in [4.78, 5) is 17.1. The van der Waals surface area contributed by atoms with Gasteiger partial charge in [0.15, 0.2) is 10.7 Å². The van der Waals surface area contributed by atoms with Gasteiger partial charge >= 0.3 is 0 Å². The molecule has 8 heteroatoms. The molecule has 0 unspecified atom stereocenters. The van der Waals surface area contributed by atoms with Crippen molar-refractivity contribution in [3.05, 3.63) is 76.3 Å². The van der Waals surface area contributed by atoms with E-state index >= 15 is 0 Å². The summed E-state index contributed by atoms with van der Waals surface area (Å²) in [7, 11) is 1.61. The number of fused-ring (bicyclic) bond motifs is 1. The van der Waals surface area contributed by atoms with Crippen LogP contribution in [-0.2, 0) is 0 Å². The molecule has 0 spiro atoms. The van der Waals surface area contributed by atoms with Crippen molar-refractivity contribution in [3.8, 4) is 17.2 Å². The van der Waals surface area contributed by atoms with Gasteiger partial charge in [-0.15, -0.1) is 0 Å². The fourth-order valence-electron chi connectivity index (χ4n) is 3.11. The van der Waals surface area contributed by atoms with E-state index in [-0.39, 0.29) is 11.0 Å². The molecule has 3 aromatic carbocycles. The number of aromatic nitrogens is 1. The number of aryl methyl sites for hydroxylation is 2. The second-order valence-electron chi connectivity index (χ2n) is 7.25. The van der Waals surface area contributed by atoms with Crippen LogP contribution < -0.4 is 15.4 Å². The van der Waals surface area contributed by atoms with Crippen molar-refractivity contribution in [2.75, 3.05) is 12.4 Å². The van der Waals surface area contributed by atoms with Crippen LogP contribution in [0, 0.1) is 13.8 Å². The number of nitrogens with zero attached hydrogens (tertiary/aromatic N) is 1. The molecule has 1 amide bonds. The van der Waals surface area contributed by atoms with E-state index in [1.54, 1.807) is 25.3 Å². The lowest BCUT2D eigenvalue weighted by Crippen LogP contribution is -2.34. The number of hydrogen-bond donors (Lipinski definition) is 2. The highest BCUT2D eigenvalue weighted by atomic mass is 35.5. The summed E-state index contributed by atoms with van der Waals surface area (Å²) in [6.07, 6.45) is 0. The van der Waals surface area contributed by atoms with Crippen molar-refractivity contribution >= 4 is 51.6 Å². The molecule has 32 heavy (non-hydrogen) atoms. The number of halogens is 1. The molecule has 0 saturated carbocycles. The third-order valence-corrected chi connectivity index (χ3v) is 5.60. The lowest BCUT2D eigenvalue weighted by molar-refractivity contribution is 0.0977. The standard InChI is InChI=1S/C24H20ClN3O3S/c1-13-4-6-15(10-18(13)25)22(29)28-24(32)27-19-11-16(7-5-14(19)2)23-26-20-12-17(30-3)8-9-21(20)31-23/h4-12H,1-3H3,(H2,27,28,29,32). The first kappa shape index (κ1) is 21.8. The number of oxazole rings is 1. The van der Waals surface area contributed by atoms with Gasteiger partial charge in [0.05, 0.1) is 7.11 Å². The summed E-state index contributed by atoms with van der Waals surface area (Å²) < 4.78 is 11.1. The number of thiocarbonyl (C=S) groups is 1. The Bertz CT molecular complexity index is 1350. The number of carbonyl (C=O) groups excluding carboxylic acids is 1. The number of hydrogen-bond acceptors (Lipinski definition) is 5. The normalized spacial score (nSPS) is 10.8. The molecule has 0 atom stereocenters. The highest BCUT2D eigenvalue weighted by Crippen LogP contribution is 2.29. The molecule has 4 aromatic rings. The van der Waals surface area contributed by atoms with Gasteiger partial charge in [-0.05, 0) is 73.6 Å². The summed E-state index contributed by atoms with van der Waals surface area (Å²) in [5.74, 6) is 0.839. The van der Waals surface area contributed by atoms with Crippen molar-refractivity contribution < 1.29 is 13.9 Å². The van der Waals surface area contributed by atoms with Gasteiger partial charge in [-0.2, -0.15) is 0 Å². The maximum Gasteiger partial charge on any atom is 0.257 e. The van der Waals surface area contributed by atoms with Gasteiger partial charge in [-0.1, -0.05) is 23.7 Å². The lowest BCUT2D eigenvalue weighted by Gasteiger charge is -2.13. The van der Waals surface area contributed by atoms with Crippen molar-refractivity contribution in [2.24, 2.45) is 0 Å². The van der Waals surface area contributed by atoms with Crippen molar-refractivity contribution in [3.63, 3.8) is 0 Å². The first-order valence-corrected chi connectivity index (χ1v) is 10.6. The topological polar surface area (TPSA) is 76.4 Å². The van der Waals surface area contributed by atoms with Crippen LogP contribution in [0.1, 0.15) is 21.5 Å². The smallest absolute Gasteiger partial charge is 0.257 e. The van der Waals surface area contributed by atoms with Gasteiger partial charge in [0.25, 0.3) is 5.91 Å². The Kier molecular flexibility index (Phi) is 6.12. The molecule has 2 N–H and O–H groups in total. The van der Waals surface area contributed by atoms with Crippen LogP contribution in [0.2, 0.25) is 5.02 Å². The number of methoxy groups -OCH3 is 1. The monoisotopic (exact) mass is 465 g/mol. The van der Waals surface area contributed by atoms with Gasteiger partial charge in [0, 0.05) is 27.9 Å². The summed E-state index contributed by atoms with van der Waals surface area (Å²) in [6, 6.07) is 16.3. The second kappa shape index (κ2) is 8.98. The molecule has 1 aromatic heterocycles. The highest BCUT2D eigenvalue weighted by molar-refractivity contribution is 7.80. The average Bonchev–Trinajstić information content (AvgIpc) is 3.20. The highest BCUT2D eigenvalue weighted by Gasteiger charge is 2.13. The summed E-state index contributed by atoms with van der Waals surface area (Å²) in [6.45, 7) is 3.81. The zero-order valence-corrected chi connectivity index (χ0v) is 19.2. The number of rotatable bonds is 4. The Balaban J connectivity index is 1.53. The molecular formula is C24H20ClN3O3S. The van der Waals surface area contributed by atoms with Crippen molar-refractivity contribution in [1.82, 2.24) is 10.3 Å². The minimum atomic E-state index is -0.342. The predicted molar refractivity (Wildman–Crippen MR) is 131 cm³/mol. The van der Waals surface area contributed by atoms with E-state index < -0.39 is 0 Å². The van der Waals surface area contributed by atoms with E-state index in [2.05, 4.69) is 15.6 Å². The Hall–Kier alpha value is -3.42. The molecule has 0 fully saturated rings. The maximum absolute atomic E-state index is 12.5. The Labute approximate surface area is 195 Å². The van der Waals surface area contributed by atoms with E-state index in [4.69, 9.17) is 33.0 Å². The number of benzene rings is 3. The van der Waals surface area contributed by atoms with Crippen LogP contribution in [0.25, 0.3) is 22.6 Å². The Morgan fingerprint density at radius 1 is 1.06 bits per heavy atom. The molecule has 0 aliphatic carbocycles. The van der Waals surface area contributed by atoms with Gasteiger partial charge in [0.1, 0.15) is 11.3 Å². The lowest BCUT2D eigenvalue weighted by atomic mass is 10.1. The first-order chi connectivity index (χ1) is 15.3. The van der Waals surface area contributed by atoms with E-state index in [9.17, 15) is 4.79 Å². The molecule has 0 radical (unpaired) electrons. The molecule has 0 aliphatic rings. The minimum Gasteiger partial charge on any atom is -0.497 e. The van der Waals surface area contributed by atoms with Crippen LogP contribution in [0.3, 0.4) is 0 Å². The fraction of sp³-hybridized carbons (Fsp3) is 0.125. The fourth-order valence-corrected chi connectivity index (χ4v) is 3.49. The number of ether oxygens (including phenoxy) is 1. The minimum absolute atomic E-state index is 0.175. The summed E-state index contributed by atoms with van der Waals surface area (Å²) >= 11 is 11.5. The molecule has 1 heterocycles. The van der Waals surface area contributed by atoms with Gasteiger partial charge in [0.2, 0.25) is 5.89 Å². The van der Waals surface area contributed by atoms with Crippen molar-refractivity contribution in [1.29, 1.82) is 0 Å². The molecule has 4 rings (SSSR count). The molecule has 0 aliphatic heterocycles. The van der Waals surface area contributed by atoms with Gasteiger partial charge in [-0.25, -0.2) is 4.98 Å². The quantitative estimate of drug-likeness (QED) is 0.365. The number of anilines is 1. The average molecular weight is 466 g/mol. The molecule has 162 valence electrons. The molecular weight excluding hydrogens is 446 g/mol. The number of amides is 1. The van der Waals surface area contributed by atoms with Gasteiger partial charge < -0.3 is 14.5 Å². The Morgan fingerprint density at radius 2 is 1.84 bits per heavy atom. The van der Waals surface area contributed by atoms with Crippen LogP contribution >= 0.6 is 23.8 Å². The Morgan fingerprint density at radius 3 is 2.59 bits per heavy atom. The zero-order valence-electron chi connectivity index (χ0n) is 17.7. The second-order valence-corrected chi connectivity index (χ2v) is 8.07. The van der Waals surface area contributed by atoms with Gasteiger partial charge in [-0.3, -0.25) is 10.1 Å². The third-order valence-electron chi connectivity index (χ3n) is 4.99. The van der Waals surface area contributed by atoms with E-state index in [1.165, 1.54) is 0 Å². The van der Waals surface area contributed by atoms with Crippen molar-refractivity contribution in [2.45, 2.75) is 13.8 Å². The van der Waals surface area contributed by atoms with Crippen LogP contribution in [0.15, 0.2) is 59.0 Å². The molecule has 6 nitrogen and oxygen atoms in total. The first-order valence-electron chi connectivity index (χ1n) is 9.78.